The highest BCUT2D eigenvalue weighted by Crippen LogP contribution is 2.23. The summed E-state index contributed by atoms with van der Waals surface area (Å²) in [5, 5.41) is 4.11. The Labute approximate surface area is 109 Å². The van der Waals surface area contributed by atoms with Crippen molar-refractivity contribution in [3.63, 3.8) is 0 Å². The molecule has 1 saturated heterocycles. The summed E-state index contributed by atoms with van der Waals surface area (Å²) < 4.78 is 28.1. The van der Waals surface area contributed by atoms with Crippen molar-refractivity contribution < 1.29 is 8.42 Å². The van der Waals surface area contributed by atoms with Gasteiger partial charge in [0.05, 0.1) is 6.20 Å². The highest BCUT2D eigenvalue weighted by atomic mass is 32.2. The van der Waals surface area contributed by atoms with Gasteiger partial charge in [-0.3, -0.25) is 4.68 Å². The Bertz CT molecular complexity index is 507. The van der Waals surface area contributed by atoms with E-state index in [4.69, 9.17) is 0 Å². The molecular weight excluding hydrogens is 250 g/mol. The van der Waals surface area contributed by atoms with Gasteiger partial charge in [0.1, 0.15) is 4.90 Å². The van der Waals surface area contributed by atoms with Crippen LogP contribution in [0, 0.1) is 5.92 Å². The fourth-order valence-electron chi connectivity index (χ4n) is 2.25. The summed E-state index contributed by atoms with van der Waals surface area (Å²) in [6, 6.07) is 0.175. The number of aromatic nitrogens is 2. The first-order chi connectivity index (χ1) is 8.41. The molecule has 1 aromatic heterocycles. The molecule has 1 atom stereocenters. The zero-order valence-electron chi connectivity index (χ0n) is 11.2. The minimum atomic E-state index is -3.36. The molecule has 5 nitrogen and oxygen atoms in total. The molecule has 0 bridgehead atoms. The van der Waals surface area contributed by atoms with Gasteiger partial charge in [0.15, 0.2) is 0 Å². The third-order valence-corrected chi connectivity index (χ3v) is 5.18. The predicted octanol–water partition coefficient (Wildman–Crippen LogP) is 1.88. The van der Waals surface area contributed by atoms with Crippen LogP contribution in [0.2, 0.25) is 0 Å². The fraction of sp³-hybridized carbons (Fsp3) is 0.750. The number of hydrogen-bond acceptors (Lipinski definition) is 3. The van der Waals surface area contributed by atoms with E-state index in [2.05, 4.69) is 12.0 Å². The predicted molar refractivity (Wildman–Crippen MR) is 69.8 cm³/mol. The van der Waals surface area contributed by atoms with E-state index in [1.807, 2.05) is 13.8 Å². The summed E-state index contributed by atoms with van der Waals surface area (Å²) >= 11 is 0. The van der Waals surface area contributed by atoms with E-state index in [1.165, 1.54) is 6.20 Å². The van der Waals surface area contributed by atoms with Crippen molar-refractivity contribution in [1.29, 1.82) is 0 Å². The first-order valence-electron chi connectivity index (χ1n) is 6.45. The number of hydrogen-bond donors (Lipinski definition) is 0. The van der Waals surface area contributed by atoms with Gasteiger partial charge >= 0.3 is 0 Å². The molecule has 1 aromatic rings. The van der Waals surface area contributed by atoms with Crippen LogP contribution in [0.5, 0.6) is 0 Å². The monoisotopic (exact) mass is 271 g/mol. The first kappa shape index (κ1) is 13.5. The van der Waals surface area contributed by atoms with Crippen molar-refractivity contribution in [2.75, 3.05) is 13.1 Å². The Hall–Kier alpha value is -0.880. The topological polar surface area (TPSA) is 55.2 Å². The Balaban J connectivity index is 2.24. The molecule has 0 N–H and O–H groups in total. The standard InChI is InChI=1S/C12H21N3O2S/c1-10(2)15-9-12(7-13-15)18(16,17)14-6-4-5-11(3)8-14/h7,9-11H,4-6,8H2,1-3H3/t11-/m0/s1. The summed E-state index contributed by atoms with van der Waals surface area (Å²) in [5.41, 5.74) is 0. The van der Waals surface area contributed by atoms with Crippen LogP contribution >= 0.6 is 0 Å². The lowest BCUT2D eigenvalue weighted by molar-refractivity contribution is 0.281. The van der Waals surface area contributed by atoms with Gasteiger partial charge in [-0.05, 0) is 32.6 Å². The molecule has 0 radical (unpaired) electrons. The van der Waals surface area contributed by atoms with Gasteiger partial charge in [-0.15, -0.1) is 0 Å². The van der Waals surface area contributed by atoms with E-state index < -0.39 is 10.0 Å². The Morgan fingerprint density at radius 2 is 2.17 bits per heavy atom. The van der Waals surface area contributed by atoms with E-state index in [1.54, 1.807) is 15.2 Å². The first-order valence-corrected chi connectivity index (χ1v) is 7.89. The maximum absolute atomic E-state index is 12.4. The van der Waals surface area contributed by atoms with Gasteiger partial charge in [0.25, 0.3) is 0 Å². The third-order valence-electron chi connectivity index (χ3n) is 3.36. The van der Waals surface area contributed by atoms with Gasteiger partial charge in [-0.1, -0.05) is 6.92 Å². The van der Waals surface area contributed by atoms with Gasteiger partial charge in [0.2, 0.25) is 10.0 Å². The van der Waals surface area contributed by atoms with Crippen molar-refractivity contribution in [3.05, 3.63) is 12.4 Å². The molecule has 0 saturated carbocycles. The smallest absolute Gasteiger partial charge is 0.246 e. The number of piperidine rings is 1. The third kappa shape index (κ3) is 2.59. The van der Waals surface area contributed by atoms with Crippen LogP contribution in [-0.2, 0) is 10.0 Å². The molecule has 1 aliphatic rings. The summed E-state index contributed by atoms with van der Waals surface area (Å²) in [6.07, 6.45) is 5.13. The zero-order valence-corrected chi connectivity index (χ0v) is 12.0. The number of sulfonamides is 1. The molecule has 1 fully saturated rings. The molecule has 6 heteroatoms. The largest absolute Gasteiger partial charge is 0.269 e. The Kier molecular flexibility index (Phi) is 3.77. The number of nitrogens with zero attached hydrogens (tertiary/aromatic N) is 3. The lowest BCUT2D eigenvalue weighted by Crippen LogP contribution is -2.38. The van der Waals surface area contributed by atoms with Crippen LogP contribution in [0.4, 0.5) is 0 Å². The van der Waals surface area contributed by atoms with Gasteiger partial charge in [-0.2, -0.15) is 9.40 Å². The average molecular weight is 271 g/mol. The van der Waals surface area contributed by atoms with E-state index in [0.717, 1.165) is 12.8 Å². The molecule has 2 rings (SSSR count). The van der Waals surface area contributed by atoms with E-state index in [0.29, 0.717) is 23.9 Å². The van der Waals surface area contributed by atoms with Crippen molar-refractivity contribution in [2.45, 2.75) is 44.6 Å². The minimum Gasteiger partial charge on any atom is -0.269 e. The maximum Gasteiger partial charge on any atom is 0.246 e. The SMILES string of the molecule is CC(C)n1cc(S(=O)(=O)N2CCC[C@H](C)C2)cn1. The lowest BCUT2D eigenvalue weighted by Gasteiger charge is -2.29. The van der Waals surface area contributed by atoms with Crippen LogP contribution < -0.4 is 0 Å². The highest BCUT2D eigenvalue weighted by molar-refractivity contribution is 7.89. The zero-order chi connectivity index (χ0) is 13.3. The van der Waals surface area contributed by atoms with Crippen LogP contribution in [0.1, 0.15) is 39.7 Å². The summed E-state index contributed by atoms with van der Waals surface area (Å²) in [4.78, 5) is 0.310. The summed E-state index contributed by atoms with van der Waals surface area (Å²) in [5.74, 6) is 0.439. The molecular formula is C12H21N3O2S. The van der Waals surface area contributed by atoms with Crippen LogP contribution in [0.25, 0.3) is 0 Å². The molecule has 1 aliphatic heterocycles. The van der Waals surface area contributed by atoms with Gasteiger partial charge in [-0.25, -0.2) is 8.42 Å². The van der Waals surface area contributed by atoms with E-state index >= 15 is 0 Å². The summed E-state index contributed by atoms with van der Waals surface area (Å²) in [6.45, 7) is 7.30. The summed E-state index contributed by atoms with van der Waals surface area (Å²) in [7, 11) is -3.36. The molecule has 18 heavy (non-hydrogen) atoms. The second kappa shape index (κ2) is 5.01. The van der Waals surface area contributed by atoms with E-state index in [9.17, 15) is 8.42 Å². The quantitative estimate of drug-likeness (QED) is 0.843. The molecule has 102 valence electrons. The Morgan fingerprint density at radius 1 is 1.44 bits per heavy atom. The average Bonchev–Trinajstić information content (AvgIpc) is 2.79. The second-order valence-electron chi connectivity index (χ2n) is 5.36. The number of rotatable bonds is 3. The minimum absolute atomic E-state index is 0.175. The maximum atomic E-state index is 12.4. The Morgan fingerprint density at radius 3 is 2.72 bits per heavy atom. The fourth-order valence-corrected chi connectivity index (χ4v) is 3.79. The molecule has 0 aliphatic carbocycles. The van der Waals surface area contributed by atoms with Gasteiger partial charge in [0, 0.05) is 25.3 Å². The van der Waals surface area contributed by atoms with Crippen molar-refractivity contribution in [3.8, 4) is 0 Å². The van der Waals surface area contributed by atoms with E-state index in [-0.39, 0.29) is 6.04 Å². The van der Waals surface area contributed by atoms with Crippen molar-refractivity contribution in [2.24, 2.45) is 5.92 Å². The van der Waals surface area contributed by atoms with Crippen molar-refractivity contribution >= 4 is 10.0 Å². The molecule has 0 amide bonds. The van der Waals surface area contributed by atoms with Crippen LogP contribution in [0.15, 0.2) is 17.3 Å². The highest BCUT2D eigenvalue weighted by Gasteiger charge is 2.29. The van der Waals surface area contributed by atoms with Crippen molar-refractivity contribution in [1.82, 2.24) is 14.1 Å². The molecule has 0 unspecified atom stereocenters. The second-order valence-corrected chi connectivity index (χ2v) is 7.30. The van der Waals surface area contributed by atoms with Crippen LogP contribution in [-0.4, -0.2) is 35.6 Å². The lowest BCUT2D eigenvalue weighted by atomic mass is 10.0. The normalized spacial score (nSPS) is 22.6. The van der Waals surface area contributed by atoms with Gasteiger partial charge < -0.3 is 0 Å². The molecule has 0 aromatic carbocycles. The molecule has 0 spiro atoms. The molecule has 2 heterocycles. The van der Waals surface area contributed by atoms with Crippen LogP contribution in [0.3, 0.4) is 0 Å².